The topological polar surface area (TPSA) is 96.0 Å². The van der Waals surface area contributed by atoms with E-state index in [1.165, 1.54) is 6.08 Å². The lowest BCUT2D eigenvalue weighted by molar-refractivity contribution is -0.111. The van der Waals surface area contributed by atoms with Crippen LogP contribution in [0.15, 0.2) is 67.0 Å². The summed E-state index contributed by atoms with van der Waals surface area (Å²) in [6, 6.07) is 14.6. The Bertz CT molecular complexity index is 1050. The average molecular weight is 401 g/mol. The standard InChI is InChI=1S/C23H23N5O2/c1-3-26-22-19(23(30)24-2)11-12-20(28-22)17-7-9-18(10-8-17)27-21(29)13-6-16-5-4-14-25-15-16/h4-15H,3H2,1-2H3,(H,24,30)(H,26,28)(H,27,29)/b13-6+. The molecule has 0 unspecified atom stereocenters. The van der Waals surface area contributed by atoms with Gasteiger partial charge in [0.25, 0.3) is 5.91 Å². The molecule has 3 N–H and O–H groups in total. The van der Waals surface area contributed by atoms with E-state index in [1.807, 2.05) is 43.3 Å². The number of hydrogen-bond donors (Lipinski definition) is 3. The molecule has 3 rings (SSSR count). The van der Waals surface area contributed by atoms with Gasteiger partial charge in [-0.15, -0.1) is 0 Å². The summed E-state index contributed by atoms with van der Waals surface area (Å²) >= 11 is 0. The summed E-state index contributed by atoms with van der Waals surface area (Å²) in [6.07, 6.45) is 6.54. The average Bonchev–Trinajstić information content (AvgIpc) is 2.78. The van der Waals surface area contributed by atoms with E-state index in [4.69, 9.17) is 0 Å². The normalized spacial score (nSPS) is 10.6. The molecule has 0 saturated heterocycles. The molecule has 30 heavy (non-hydrogen) atoms. The first-order valence-corrected chi connectivity index (χ1v) is 9.57. The van der Waals surface area contributed by atoms with Crippen molar-refractivity contribution < 1.29 is 9.59 Å². The molecule has 7 heteroatoms. The van der Waals surface area contributed by atoms with Crippen molar-refractivity contribution in [2.45, 2.75) is 6.92 Å². The van der Waals surface area contributed by atoms with E-state index in [9.17, 15) is 9.59 Å². The monoisotopic (exact) mass is 401 g/mol. The van der Waals surface area contributed by atoms with Gasteiger partial charge in [0, 0.05) is 43.3 Å². The maximum Gasteiger partial charge on any atom is 0.254 e. The molecule has 0 atom stereocenters. The molecule has 0 radical (unpaired) electrons. The number of aromatic nitrogens is 2. The van der Waals surface area contributed by atoms with Gasteiger partial charge in [-0.1, -0.05) is 18.2 Å². The van der Waals surface area contributed by atoms with Crippen molar-refractivity contribution in [2.75, 3.05) is 24.2 Å². The van der Waals surface area contributed by atoms with Crippen molar-refractivity contribution in [3.8, 4) is 11.3 Å². The van der Waals surface area contributed by atoms with Crippen LogP contribution in [0.1, 0.15) is 22.8 Å². The van der Waals surface area contributed by atoms with Crippen LogP contribution in [-0.2, 0) is 4.79 Å². The second kappa shape index (κ2) is 9.97. The highest BCUT2D eigenvalue weighted by Crippen LogP contribution is 2.23. The molecule has 7 nitrogen and oxygen atoms in total. The lowest BCUT2D eigenvalue weighted by Crippen LogP contribution is -2.20. The van der Waals surface area contributed by atoms with Gasteiger partial charge in [-0.25, -0.2) is 4.98 Å². The van der Waals surface area contributed by atoms with E-state index >= 15 is 0 Å². The first kappa shape index (κ1) is 20.7. The Morgan fingerprint density at radius 3 is 2.53 bits per heavy atom. The minimum Gasteiger partial charge on any atom is -0.370 e. The van der Waals surface area contributed by atoms with E-state index in [0.29, 0.717) is 23.6 Å². The fourth-order valence-corrected chi connectivity index (χ4v) is 2.79. The molecule has 1 aromatic carbocycles. The van der Waals surface area contributed by atoms with Gasteiger partial charge in [-0.2, -0.15) is 0 Å². The van der Waals surface area contributed by atoms with Gasteiger partial charge in [0.1, 0.15) is 5.82 Å². The molecule has 0 spiro atoms. The second-order valence-electron chi connectivity index (χ2n) is 6.39. The van der Waals surface area contributed by atoms with E-state index in [2.05, 4.69) is 25.9 Å². The molecule has 3 aromatic rings. The third kappa shape index (κ3) is 5.29. The number of rotatable bonds is 7. The SMILES string of the molecule is CCNc1nc(-c2ccc(NC(=O)/C=C/c3cccnc3)cc2)ccc1C(=O)NC. The molecule has 0 aliphatic rings. The molecule has 0 bridgehead atoms. The second-order valence-corrected chi connectivity index (χ2v) is 6.39. The Labute approximate surface area is 175 Å². The van der Waals surface area contributed by atoms with E-state index in [0.717, 1.165) is 16.8 Å². The van der Waals surface area contributed by atoms with Crippen LogP contribution in [-0.4, -0.2) is 35.4 Å². The Balaban J connectivity index is 1.72. The highest BCUT2D eigenvalue weighted by atomic mass is 16.2. The fourth-order valence-electron chi connectivity index (χ4n) is 2.79. The Morgan fingerprint density at radius 1 is 1.07 bits per heavy atom. The Hall–Kier alpha value is -4.00. The first-order chi connectivity index (χ1) is 14.6. The number of nitrogens with zero attached hydrogens (tertiary/aromatic N) is 2. The number of benzene rings is 1. The predicted octanol–water partition coefficient (Wildman–Crippen LogP) is 3.59. The van der Waals surface area contributed by atoms with Gasteiger partial charge < -0.3 is 16.0 Å². The lowest BCUT2D eigenvalue weighted by atomic mass is 10.1. The van der Waals surface area contributed by atoms with Crippen LogP contribution in [0.5, 0.6) is 0 Å². The maximum absolute atomic E-state index is 12.1. The number of carbonyl (C=O) groups excluding carboxylic acids is 2. The molecule has 2 amide bonds. The lowest BCUT2D eigenvalue weighted by Gasteiger charge is -2.11. The van der Waals surface area contributed by atoms with Gasteiger partial charge in [0.2, 0.25) is 5.91 Å². The molecule has 152 valence electrons. The Kier molecular flexibility index (Phi) is 6.89. The van der Waals surface area contributed by atoms with E-state index in [-0.39, 0.29) is 11.8 Å². The smallest absolute Gasteiger partial charge is 0.254 e. The molecule has 2 aromatic heterocycles. The summed E-state index contributed by atoms with van der Waals surface area (Å²) in [4.78, 5) is 32.7. The van der Waals surface area contributed by atoms with Crippen LogP contribution < -0.4 is 16.0 Å². The summed E-state index contributed by atoms with van der Waals surface area (Å²) in [5.41, 5.74) is 3.63. The number of pyridine rings is 2. The molecule has 0 saturated carbocycles. The van der Waals surface area contributed by atoms with Crippen molar-refractivity contribution in [2.24, 2.45) is 0 Å². The van der Waals surface area contributed by atoms with Crippen LogP contribution >= 0.6 is 0 Å². The zero-order valence-corrected chi connectivity index (χ0v) is 16.8. The van der Waals surface area contributed by atoms with Crippen LogP contribution in [0.3, 0.4) is 0 Å². The number of carbonyl (C=O) groups is 2. The van der Waals surface area contributed by atoms with Gasteiger partial charge in [-0.3, -0.25) is 14.6 Å². The van der Waals surface area contributed by atoms with Crippen molar-refractivity contribution in [3.63, 3.8) is 0 Å². The van der Waals surface area contributed by atoms with Crippen molar-refractivity contribution >= 4 is 29.4 Å². The quantitative estimate of drug-likeness (QED) is 0.526. The van der Waals surface area contributed by atoms with Crippen molar-refractivity contribution in [1.82, 2.24) is 15.3 Å². The largest absolute Gasteiger partial charge is 0.370 e. The predicted molar refractivity (Wildman–Crippen MR) is 119 cm³/mol. The summed E-state index contributed by atoms with van der Waals surface area (Å²) < 4.78 is 0. The van der Waals surface area contributed by atoms with Crippen LogP contribution in [0.2, 0.25) is 0 Å². The number of amides is 2. The molecule has 0 aliphatic carbocycles. The summed E-state index contributed by atoms with van der Waals surface area (Å²) in [5.74, 6) is 0.115. The van der Waals surface area contributed by atoms with Gasteiger partial charge in [0.15, 0.2) is 0 Å². The minimum absolute atomic E-state index is 0.192. The fraction of sp³-hybridized carbons (Fsp3) is 0.130. The van der Waals surface area contributed by atoms with E-state index < -0.39 is 0 Å². The van der Waals surface area contributed by atoms with Crippen LogP contribution in [0, 0.1) is 0 Å². The third-order valence-corrected chi connectivity index (χ3v) is 4.27. The number of nitrogens with one attached hydrogen (secondary N) is 3. The highest BCUT2D eigenvalue weighted by Gasteiger charge is 2.12. The summed E-state index contributed by atoms with van der Waals surface area (Å²) in [6.45, 7) is 2.60. The molecule has 0 aliphatic heterocycles. The maximum atomic E-state index is 12.1. The van der Waals surface area contributed by atoms with Crippen LogP contribution in [0.25, 0.3) is 17.3 Å². The molecular weight excluding hydrogens is 378 g/mol. The molecule has 2 heterocycles. The van der Waals surface area contributed by atoms with Gasteiger partial charge in [-0.05, 0) is 48.9 Å². The third-order valence-electron chi connectivity index (χ3n) is 4.27. The minimum atomic E-state index is -0.228. The zero-order chi connectivity index (χ0) is 21.3. The van der Waals surface area contributed by atoms with Gasteiger partial charge >= 0.3 is 0 Å². The van der Waals surface area contributed by atoms with E-state index in [1.54, 1.807) is 37.7 Å². The zero-order valence-electron chi connectivity index (χ0n) is 16.8. The summed E-state index contributed by atoms with van der Waals surface area (Å²) in [7, 11) is 1.59. The van der Waals surface area contributed by atoms with Gasteiger partial charge in [0.05, 0.1) is 11.3 Å². The molecular formula is C23H23N5O2. The molecule has 0 fully saturated rings. The van der Waals surface area contributed by atoms with Crippen LogP contribution in [0.4, 0.5) is 11.5 Å². The number of anilines is 2. The first-order valence-electron chi connectivity index (χ1n) is 9.57. The number of hydrogen-bond acceptors (Lipinski definition) is 5. The van der Waals surface area contributed by atoms with Crippen molar-refractivity contribution in [3.05, 3.63) is 78.1 Å². The van der Waals surface area contributed by atoms with Crippen molar-refractivity contribution in [1.29, 1.82) is 0 Å². The summed E-state index contributed by atoms with van der Waals surface area (Å²) in [5, 5.41) is 8.57. The Morgan fingerprint density at radius 2 is 1.87 bits per heavy atom. The highest BCUT2D eigenvalue weighted by molar-refractivity contribution is 6.02.